The molecule has 0 aromatic rings. The van der Waals surface area contributed by atoms with Gasteiger partial charge >= 0.3 is 0 Å². The van der Waals surface area contributed by atoms with Crippen LogP contribution in [-0.4, -0.2) is 23.7 Å². The first-order valence-corrected chi connectivity index (χ1v) is 5.27. The zero-order valence-corrected chi connectivity index (χ0v) is 8.70. The third-order valence-corrected chi connectivity index (χ3v) is 2.69. The molecule has 1 aliphatic carbocycles. The minimum Gasteiger partial charge on any atom is -0.392 e. The van der Waals surface area contributed by atoms with Gasteiger partial charge in [-0.05, 0) is 31.6 Å². The average Bonchev–Trinajstić information content (AvgIpc) is 2.16. The van der Waals surface area contributed by atoms with Crippen molar-refractivity contribution in [3.05, 3.63) is 12.2 Å². The minimum absolute atomic E-state index is 0.0688. The molecule has 0 heterocycles. The molecule has 1 aliphatic rings. The Bertz CT molecular complexity index is 205. The van der Waals surface area contributed by atoms with E-state index in [1.165, 1.54) is 0 Å². The lowest BCUT2D eigenvalue weighted by Gasteiger charge is -2.27. The van der Waals surface area contributed by atoms with Gasteiger partial charge in [-0.15, -0.1) is 0 Å². The predicted octanol–water partition coefficient (Wildman–Crippen LogP) is 1.23. The number of amides is 1. The van der Waals surface area contributed by atoms with Gasteiger partial charge in [-0.2, -0.15) is 0 Å². The summed E-state index contributed by atoms with van der Waals surface area (Å²) in [6, 6.07) is 0.367. The van der Waals surface area contributed by atoms with E-state index in [9.17, 15) is 4.79 Å². The molecule has 0 aromatic carbocycles. The minimum atomic E-state index is 0.0688. The van der Waals surface area contributed by atoms with E-state index in [1.54, 1.807) is 6.92 Å². The Morgan fingerprint density at radius 3 is 2.57 bits per heavy atom. The predicted molar refractivity (Wildman–Crippen MR) is 55.8 cm³/mol. The molecule has 1 fully saturated rings. The summed E-state index contributed by atoms with van der Waals surface area (Å²) in [7, 11) is 0. The Balaban J connectivity index is 2.24. The van der Waals surface area contributed by atoms with Crippen LogP contribution in [0.2, 0.25) is 0 Å². The van der Waals surface area contributed by atoms with Gasteiger partial charge in [0.05, 0.1) is 6.61 Å². The number of hydrogen-bond acceptors (Lipinski definition) is 2. The first-order chi connectivity index (χ1) is 6.72. The molecule has 1 amide bonds. The second kappa shape index (κ2) is 5.81. The summed E-state index contributed by atoms with van der Waals surface area (Å²) in [6.45, 7) is 1.70. The van der Waals surface area contributed by atoms with Gasteiger partial charge in [0.25, 0.3) is 0 Å². The van der Waals surface area contributed by atoms with Crippen molar-refractivity contribution in [3.63, 3.8) is 0 Å². The lowest BCUT2D eigenvalue weighted by molar-refractivity contribution is -0.119. The summed E-state index contributed by atoms with van der Waals surface area (Å²) in [5.74, 6) is 0.659. The Morgan fingerprint density at radius 2 is 2.07 bits per heavy atom. The van der Waals surface area contributed by atoms with Gasteiger partial charge in [-0.1, -0.05) is 12.2 Å². The van der Waals surface area contributed by atoms with E-state index in [4.69, 9.17) is 5.11 Å². The summed E-state index contributed by atoms with van der Waals surface area (Å²) in [4.78, 5) is 10.8. The lowest BCUT2D eigenvalue weighted by atomic mass is 9.86. The molecule has 0 unspecified atom stereocenters. The molecule has 0 bridgehead atoms. The van der Waals surface area contributed by atoms with Crippen molar-refractivity contribution in [2.75, 3.05) is 6.61 Å². The van der Waals surface area contributed by atoms with Crippen LogP contribution in [0.5, 0.6) is 0 Å². The largest absolute Gasteiger partial charge is 0.392 e. The molecule has 0 atom stereocenters. The summed E-state index contributed by atoms with van der Waals surface area (Å²) < 4.78 is 0. The van der Waals surface area contributed by atoms with Gasteiger partial charge in [0.2, 0.25) is 5.91 Å². The molecule has 0 radical (unpaired) electrons. The lowest BCUT2D eigenvalue weighted by Crippen LogP contribution is -2.35. The van der Waals surface area contributed by atoms with Gasteiger partial charge in [0.1, 0.15) is 0 Å². The smallest absolute Gasteiger partial charge is 0.217 e. The Labute approximate surface area is 85.2 Å². The number of aliphatic hydroxyl groups excluding tert-OH is 1. The second-order valence-corrected chi connectivity index (χ2v) is 3.92. The Kier molecular flexibility index (Phi) is 4.66. The number of allylic oxidation sites excluding steroid dienone is 1. The maximum Gasteiger partial charge on any atom is 0.217 e. The summed E-state index contributed by atoms with van der Waals surface area (Å²) in [6.07, 6.45) is 8.23. The third-order valence-electron chi connectivity index (χ3n) is 2.69. The second-order valence-electron chi connectivity index (χ2n) is 3.92. The fourth-order valence-electron chi connectivity index (χ4n) is 2.00. The molecular weight excluding hydrogens is 178 g/mol. The molecule has 0 aromatic heterocycles. The molecule has 14 heavy (non-hydrogen) atoms. The van der Waals surface area contributed by atoms with E-state index in [2.05, 4.69) is 11.4 Å². The van der Waals surface area contributed by atoms with Gasteiger partial charge < -0.3 is 10.4 Å². The first kappa shape index (κ1) is 11.2. The van der Waals surface area contributed by atoms with Crippen LogP contribution >= 0.6 is 0 Å². The zero-order chi connectivity index (χ0) is 10.4. The van der Waals surface area contributed by atoms with Crippen LogP contribution in [0.4, 0.5) is 0 Å². The molecule has 1 rings (SSSR count). The molecular formula is C11H19NO2. The molecule has 3 nitrogen and oxygen atoms in total. The number of aliphatic hydroxyl groups is 1. The van der Waals surface area contributed by atoms with E-state index in [0.717, 1.165) is 25.7 Å². The van der Waals surface area contributed by atoms with Gasteiger partial charge in [-0.3, -0.25) is 4.79 Å². The molecule has 1 saturated carbocycles. The van der Waals surface area contributed by atoms with Crippen molar-refractivity contribution < 1.29 is 9.90 Å². The monoisotopic (exact) mass is 197 g/mol. The quantitative estimate of drug-likeness (QED) is 0.668. The maximum absolute atomic E-state index is 10.8. The van der Waals surface area contributed by atoms with Gasteiger partial charge in [0.15, 0.2) is 0 Å². The SMILES string of the molecule is CC(=O)N[C@H]1CC[C@H](/C=C/CO)CC1. The standard InChI is InChI=1S/C11H19NO2/c1-9(14)12-11-6-4-10(5-7-11)3-2-8-13/h2-3,10-11,13H,4-8H2,1H3,(H,12,14)/b3-2+/t10-,11-. The highest BCUT2D eigenvalue weighted by atomic mass is 16.2. The van der Waals surface area contributed by atoms with E-state index in [1.807, 2.05) is 6.08 Å². The Morgan fingerprint density at radius 1 is 1.43 bits per heavy atom. The van der Waals surface area contributed by atoms with Crippen LogP contribution in [0, 0.1) is 5.92 Å². The van der Waals surface area contributed by atoms with Crippen LogP contribution in [-0.2, 0) is 4.79 Å². The first-order valence-electron chi connectivity index (χ1n) is 5.27. The van der Waals surface area contributed by atoms with Crippen LogP contribution in [0.3, 0.4) is 0 Å². The number of carbonyl (C=O) groups is 1. The van der Waals surface area contributed by atoms with Crippen molar-refractivity contribution in [2.24, 2.45) is 5.92 Å². The normalized spacial score (nSPS) is 27.9. The Hall–Kier alpha value is -0.830. The average molecular weight is 197 g/mol. The topological polar surface area (TPSA) is 49.3 Å². The van der Waals surface area contributed by atoms with Crippen LogP contribution < -0.4 is 5.32 Å². The van der Waals surface area contributed by atoms with E-state index >= 15 is 0 Å². The number of hydrogen-bond donors (Lipinski definition) is 2. The zero-order valence-electron chi connectivity index (χ0n) is 8.70. The molecule has 0 saturated heterocycles. The molecule has 0 aliphatic heterocycles. The van der Waals surface area contributed by atoms with E-state index in [0.29, 0.717) is 12.0 Å². The fourth-order valence-corrected chi connectivity index (χ4v) is 2.00. The van der Waals surface area contributed by atoms with E-state index < -0.39 is 0 Å². The fraction of sp³-hybridized carbons (Fsp3) is 0.727. The van der Waals surface area contributed by atoms with Crippen molar-refractivity contribution in [3.8, 4) is 0 Å². The van der Waals surface area contributed by atoms with Crippen LogP contribution in [0.25, 0.3) is 0 Å². The highest BCUT2D eigenvalue weighted by molar-refractivity contribution is 5.73. The molecule has 2 N–H and O–H groups in total. The highest BCUT2D eigenvalue weighted by Gasteiger charge is 2.19. The van der Waals surface area contributed by atoms with Crippen molar-refractivity contribution in [1.82, 2.24) is 5.32 Å². The molecule has 3 heteroatoms. The summed E-state index contributed by atoms with van der Waals surface area (Å²) in [5, 5.41) is 11.6. The summed E-state index contributed by atoms with van der Waals surface area (Å²) >= 11 is 0. The van der Waals surface area contributed by atoms with Crippen LogP contribution in [0.15, 0.2) is 12.2 Å². The third kappa shape index (κ3) is 3.92. The van der Waals surface area contributed by atoms with Crippen molar-refractivity contribution in [2.45, 2.75) is 38.6 Å². The van der Waals surface area contributed by atoms with Crippen molar-refractivity contribution >= 4 is 5.91 Å². The number of rotatable bonds is 3. The maximum atomic E-state index is 10.8. The number of nitrogens with one attached hydrogen (secondary N) is 1. The number of carbonyl (C=O) groups excluding carboxylic acids is 1. The van der Waals surface area contributed by atoms with Crippen LogP contribution in [0.1, 0.15) is 32.6 Å². The van der Waals surface area contributed by atoms with E-state index in [-0.39, 0.29) is 12.5 Å². The summed E-state index contributed by atoms with van der Waals surface area (Å²) in [5.41, 5.74) is 0. The molecule has 0 spiro atoms. The highest BCUT2D eigenvalue weighted by Crippen LogP contribution is 2.25. The van der Waals surface area contributed by atoms with Gasteiger partial charge in [0, 0.05) is 13.0 Å². The van der Waals surface area contributed by atoms with Crippen molar-refractivity contribution in [1.29, 1.82) is 0 Å². The molecule has 80 valence electrons. The van der Waals surface area contributed by atoms with Gasteiger partial charge in [-0.25, -0.2) is 0 Å².